The van der Waals surface area contributed by atoms with Crippen LogP contribution in [-0.2, 0) is 9.59 Å². The van der Waals surface area contributed by atoms with Crippen molar-refractivity contribution >= 4 is 17.9 Å². The van der Waals surface area contributed by atoms with E-state index >= 15 is 0 Å². The third-order valence-corrected chi connectivity index (χ3v) is 3.72. The number of hydrogen-bond acceptors (Lipinski definition) is 4. The van der Waals surface area contributed by atoms with Crippen LogP contribution >= 0.6 is 0 Å². The third kappa shape index (κ3) is 4.63. The second-order valence-electron chi connectivity index (χ2n) is 5.86. The van der Waals surface area contributed by atoms with Crippen molar-refractivity contribution in [2.75, 3.05) is 13.2 Å². The summed E-state index contributed by atoms with van der Waals surface area (Å²) in [7, 11) is 0. The fourth-order valence-electron chi connectivity index (χ4n) is 2.53. The molecule has 2 aromatic rings. The minimum absolute atomic E-state index is 0.181. The molecule has 0 radical (unpaired) electrons. The molecule has 2 aromatic carbocycles. The monoisotopic (exact) mass is 352 g/mol. The van der Waals surface area contributed by atoms with Crippen LogP contribution in [0.1, 0.15) is 12.5 Å². The van der Waals surface area contributed by atoms with Gasteiger partial charge in [-0.3, -0.25) is 9.59 Å². The van der Waals surface area contributed by atoms with Gasteiger partial charge in [-0.05, 0) is 23.8 Å². The third-order valence-electron chi connectivity index (χ3n) is 3.72. The zero-order chi connectivity index (χ0) is 18.4. The summed E-state index contributed by atoms with van der Waals surface area (Å²) in [5, 5.41) is 5.35. The Bertz CT molecular complexity index is 818. The van der Waals surface area contributed by atoms with E-state index in [4.69, 9.17) is 9.47 Å². The van der Waals surface area contributed by atoms with Crippen LogP contribution in [0.15, 0.2) is 60.3 Å². The highest BCUT2D eigenvalue weighted by Crippen LogP contribution is 2.30. The molecular weight excluding hydrogens is 332 g/mol. The maximum absolute atomic E-state index is 12.5. The molecule has 6 heteroatoms. The Hall–Kier alpha value is -3.28. The quantitative estimate of drug-likeness (QED) is 0.808. The molecule has 0 fully saturated rings. The van der Waals surface area contributed by atoms with Gasteiger partial charge in [0.1, 0.15) is 18.4 Å². The van der Waals surface area contributed by atoms with Gasteiger partial charge in [-0.1, -0.05) is 42.5 Å². The van der Waals surface area contributed by atoms with Crippen molar-refractivity contribution < 1.29 is 19.1 Å². The van der Waals surface area contributed by atoms with Crippen LogP contribution in [0.3, 0.4) is 0 Å². The molecule has 6 nitrogen and oxygen atoms in total. The van der Waals surface area contributed by atoms with E-state index in [1.165, 1.54) is 6.92 Å². The van der Waals surface area contributed by atoms with Gasteiger partial charge >= 0.3 is 0 Å². The molecule has 1 heterocycles. The number of carbonyl (C=O) groups excluding carboxylic acids is 2. The maximum atomic E-state index is 12.5. The Kier molecular flexibility index (Phi) is 5.53. The largest absolute Gasteiger partial charge is 0.486 e. The van der Waals surface area contributed by atoms with Gasteiger partial charge in [0.25, 0.3) is 5.91 Å². The Labute approximate surface area is 151 Å². The zero-order valence-electron chi connectivity index (χ0n) is 14.4. The summed E-state index contributed by atoms with van der Waals surface area (Å²) in [6.45, 7) is 1.97. The molecule has 0 unspecified atom stereocenters. The predicted octanol–water partition coefficient (Wildman–Crippen LogP) is 2.12. The van der Waals surface area contributed by atoms with E-state index in [0.29, 0.717) is 18.1 Å². The lowest BCUT2D eigenvalue weighted by Crippen LogP contribution is -2.43. The van der Waals surface area contributed by atoms with Crippen molar-refractivity contribution in [2.24, 2.45) is 0 Å². The molecule has 2 amide bonds. The minimum Gasteiger partial charge on any atom is -0.486 e. The molecule has 0 aromatic heterocycles. The molecule has 0 bridgehead atoms. The van der Waals surface area contributed by atoms with E-state index < -0.39 is 0 Å². The number of amides is 2. The van der Waals surface area contributed by atoms with Crippen LogP contribution in [0.5, 0.6) is 11.5 Å². The van der Waals surface area contributed by atoms with E-state index in [0.717, 1.165) is 5.56 Å². The van der Waals surface area contributed by atoms with Gasteiger partial charge in [0.15, 0.2) is 11.5 Å². The van der Waals surface area contributed by atoms with Gasteiger partial charge in [0, 0.05) is 6.92 Å². The van der Waals surface area contributed by atoms with Gasteiger partial charge < -0.3 is 20.1 Å². The Morgan fingerprint density at radius 3 is 2.50 bits per heavy atom. The first-order valence-corrected chi connectivity index (χ1v) is 8.33. The summed E-state index contributed by atoms with van der Waals surface area (Å²) in [5.74, 6) is 0.651. The first-order valence-electron chi connectivity index (χ1n) is 8.33. The highest BCUT2D eigenvalue weighted by molar-refractivity contribution is 6.00. The van der Waals surface area contributed by atoms with Crippen molar-refractivity contribution in [1.82, 2.24) is 10.6 Å². The molecule has 134 valence electrons. The van der Waals surface area contributed by atoms with Gasteiger partial charge in [-0.25, -0.2) is 0 Å². The number of rotatable bonds is 5. The van der Waals surface area contributed by atoms with Gasteiger partial charge in [0.2, 0.25) is 5.91 Å². The minimum atomic E-state index is -0.383. The smallest absolute Gasteiger partial charge is 0.267 e. The molecule has 0 saturated carbocycles. The Morgan fingerprint density at radius 1 is 1.08 bits per heavy atom. The average molecular weight is 352 g/mol. The molecule has 3 rings (SSSR count). The van der Waals surface area contributed by atoms with Crippen molar-refractivity contribution in [1.29, 1.82) is 0 Å². The van der Waals surface area contributed by atoms with E-state index in [2.05, 4.69) is 10.6 Å². The topological polar surface area (TPSA) is 76.7 Å². The van der Waals surface area contributed by atoms with Crippen LogP contribution in [-0.4, -0.2) is 31.1 Å². The Morgan fingerprint density at radius 2 is 1.77 bits per heavy atom. The fourth-order valence-corrected chi connectivity index (χ4v) is 2.53. The van der Waals surface area contributed by atoms with Gasteiger partial charge in [-0.2, -0.15) is 0 Å². The highest BCUT2D eigenvalue weighted by Gasteiger charge is 2.22. The van der Waals surface area contributed by atoms with Crippen molar-refractivity contribution in [2.45, 2.75) is 13.0 Å². The molecule has 0 spiro atoms. The highest BCUT2D eigenvalue weighted by atomic mass is 16.6. The fraction of sp³-hybridized carbons (Fsp3) is 0.200. The number of ether oxygens (including phenoxy) is 2. The molecule has 0 saturated heterocycles. The van der Waals surface area contributed by atoms with E-state index in [1.54, 1.807) is 6.08 Å². The number of nitrogens with one attached hydrogen (secondary N) is 2. The number of benzene rings is 2. The number of fused-ring (bicyclic) bond motifs is 1. The number of carbonyl (C=O) groups is 2. The average Bonchev–Trinajstić information content (AvgIpc) is 2.66. The van der Waals surface area contributed by atoms with Crippen LogP contribution in [0.25, 0.3) is 6.08 Å². The lowest BCUT2D eigenvalue weighted by molar-refractivity contribution is -0.122. The first kappa shape index (κ1) is 17.5. The second-order valence-corrected chi connectivity index (χ2v) is 5.86. The van der Waals surface area contributed by atoms with Crippen LogP contribution in [0.2, 0.25) is 0 Å². The van der Waals surface area contributed by atoms with Crippen LogP contribution < -0.4 is 20.1 Å². The Balaban J connectivity index is 1.63. The molecule has 1 aliphatic rings. The summed E-state index contributed by atoms with van der Waals surface area (Å²) in [6.07, 6.45) is 1.33. The maximum Gasteiger partial charge on any atom is 0.267 e. The molecule has 1 aliphatic heterocycles. The van der Waals surface area contributed by atoms with E-state index in [9.17, 15) is 9.59 Å². The summed E-state index contributed by atoms with van der Waals surface area (Å²) < 4.78 is 11.4. The summed E-state index contributed by atoms with van der Waals surface area (Å²) in [5.41, 5.74) is 0.999. The summed E-state index contributed by atoms with van der Waals surface area (Å²) in [6, 6.07) is 16.7. The van der Waals surface area contributed by atoms with Crippen molar-refractivity contribution in [3.8, 4) is 11.5 Å². The lowest BCUT2D eigenvalue weighted by atomic mass is 10.2. The predicted molar refractivity (Wildman–Crippen MR) is 97.6 cm³/mol. The van der Waals surface area contributed by atoms with Crippen LogP contribution in [0.4, 0.5) is 0 Å². The lowest BCUT2D eigenvalue weighted by Gasteiger charge is -2.26. The molecule has 0 aliphatic carbocycles. The van der Waals surface area contributed by atoms with Crippen LogP contribution in [0, 0.1) is 0 Å². The molecule has 1 atom stereocenters. The molecule has 26 heavy (non-hydrogen) atoms. The molecule has 2 N–H and O–H groups in total. The van der Waals surface area contributed by atoms with Crippen molar-refractivity contribution in [3.63, 3.8) is 0 Å². The SMILES string of the molecule is CC(=O)N/C(=C\c1ccccc1)C(=O)NC[C@@H]1COc2ccccc2O1. The van der Waals surface area contributed by atoms with E-state index in [1.807, 2.05) is 54.6 Å². The second kappa shape index (κ2) is 8.20. The molecular formula is C20H20N2O4. The summed E-state index contributed by atoms with van der Waals surface area (Å²) in [4.78, 5) is 23.9. The van der Waals surface area contributed by atoms with Gasteiger partial charge in [0.05, 0.1) is 6.54 Å². The number of hydrogen-bond donors (Lipinski definition) is 2. The standard InChI is InChI=1S/C20H20N2O4/c1-14(23)22-17(11-15-7-3-2-4-8-15)20(24)21-12-16-13-25-18-9-5-6-10-19(18)26-16/h2-11,16H,12-13H2,1H3,(H,21,24)(H,22,23)/b17-11-/t16-/m1/s1. The summed E-state index contributed by atoms with van der Waals surface area (Å²) >= 11 is 0. The van der Waals surface area contributed by atoms with E-state index in [-0.39, 0.29) is 30.2 Å². The van der Waals surface area contributed by atoms with Gasteiger partial charge in [-0.15, -0.1) is 0 Å². The first-order chi connectivity index (χ1) is 12.6. The van der Waals surface area contributed by atoms with Crippen molar-refractivity contribution in [3.05, 3.63) is 65.9 Å². The normalized spacial score (nSPS) is 15.9. The zero-order valence-corrected chi connectivity index (χ0v) is 14.4. The number of para-hydroxylation sites is 2.